The number of amides is 2. The van der Waals surface area contributed by atoms with Crippen molar-refractivity contribution in [1.29, 1.82) is 0 Å². The quantitative estimate of drug-likeness (QED) is 0.465. The van der Waals surface area contributed by atoms with Crippen LogP contribution in [0.3, 0.4) is 0 Å². The molecule has 2 N–H and O–H groups in total. The summed E-state index contributed by atoms with van der Waals surface area (Å²) in [6.07, 6.45) is -2.61. The van der Waals surface area contributed by atoms with Crippen LogP contribution in [0, 0.1) is 5.82 Å². The molecule has 9 nitrogen and oxygen atoms in total. The molecule has 200 valence electrons. The van der Waals surface area contributed by atoms with Crippen molar-refractivity contribution in [3.63, 3.8) is 0 Å². The number of halogens is 4. The Balaban J connectivity index is 1.39. The van der Waals surface area contributed by atoms with Crippen LogP contribution in [0.25, 0.3) is 11.4 Å². The van der Waals surface area contributed by atoms with E-state index in [1.807, 2.05) is 0 Å². The first-order valence-corrected chi connectivity index (χ1v) is 12.0. The molecule has 1 saturated heterocycles. The van der Waals surface area contributed by atoms with Gasteiger partial charge in [-0.3, -0.25) is 9.59 Å². The largest absolute Gasteiger partial charge is 0.416 e. The van der Waals surface area contributed by atoms with Gasteiger partial charge in [0.05, 0.1) is 22.6 Å². The predicted octanol–water partition coefficient (Wildman–Crippen LogP) is 3.95. The van der Waals surface area contributed by atoms with Crippen LogP contribution in [0.4, 0.5) is 23.2 Å². The number of carbonyl (C=O) groups is 2. The highest BCUT2D eigenvalue weighted by atomic mass is 19.4. The molecule has 0 radical (unpaired) electrons. The molecular formula is C25H24F4N6O3. The lowest BCUT2D eigenvalue weighted by Crippen LogP contribution is -2.40. The molecular weight excluding hydrogens is 508 g/mol. The number of nitrogens with one attached hydrogen (secondary N) is 2. The van der Waals surface area contributed by atoms with E-state index in [4.69, 9.17) is 4.74 Å². The molecule has 2 amide bonds. The van der Waals surface area contributed by atoms with E-state index in [0.717, 1.165) is 12.1 Å². The van der Waals surface area contributed by atoms with Gasteiger partial charge in [-0.05, 0) is 66.4 Å². The fourth-order valence-electron chi connectivity index (χ4n) is 4.82. The predicted molar refractivity (Wildman–Crippen MR) is 126 cm³/mol. The third-order valence-electron chi connectivity index (χ3n) is 7.17. The molecule has 38 heavy (non-hydrogen) atoms. The van der Waals surface area contributed by atoms with Gasteiger partial charge in [0.1, 0.15) is 5.82 Å². The Hall–Kier alpha value is -3.87. The maximum atomic E-state index is 14.7. The minimum absolute atomic E-state index is 0.0890. The van der Waals surface area contributed by atoms with Gasteiger partial charge in [-0.25, -0.2) is 9.49 Å². The Morgan fingerprint density at radius 3 is 2.45 bits per heavy atom. The average Bonchev–Trinajstić information content (AvgIpc) is 3.53. The topological polar surface area (TPSA) is 113 Å². The van der Waals surface area contributed by atoms with Gasteiger partial charge in [0.2, 0.25) is 5.91 Å². The van der Waals surface area contributed by atoms with Gasteiger partial charge in [-0.2, -0.15) is 13.2 Å². The van der Waals surface area contributed by atoms with Crippen molar-refractivity contribution in [2.45, 2.75) is 43.4 Å². The van der Waals surface area contributed by atoms with Crippen molar-refractivity contribution >= 4 is 17.5 Å². The van der Waals surface area contributed by atoms with Gasteiger partial charge in [-0.1, -0.05) is 6.07 Å². The molecule has 0 unspecified atom stereocenters. The number of anilines is 1. The second kappa shape index (κ2) is 9.78. The number of piperidine rings is 1. The summed E-state index contributed by atoms with van der Waals surface area (Å²) in [5.41, 5.74) is -1.50. The normalized spacial score (nSPS) is 17.3. The van der Waals surface area contributed by atoms with Crippen molar-refractivity contribution in [2.75, 3.05) is 25.5 Å². The van der Waals surface area contributed by atoms with E-state index in [9.17, 15) is 27.2 Å². The molecule has 13 heteroatoms. The molecule has 2 aromatic carbocycles. The number of nitrogens with zero attached hydrogens (tertiary/aromatic N) is 4. The van der Waals surface area contributed by atoms with E-state index in [1.54, 1.807) is 24.1 Å². The summed E-state index contributed by atoms with van der Waals surface area (Å²) in [4.78, 5) is 28.3. The molecule has 1 aromatic heterocycles. The molecule has 2 aliphatic rings. The second-order valence-electron chi connectivity index (χ2n) is 9.47. The maximum absolute atomic E-state index is 14.7. The smallest absolute Gasteiger partial charge is 0.381 e. The van der Waals surface area contributed by atoms with Crippen LogP contribution in [0.15, 0.2) is 36.4 Å². The molecule has 0 spiro atoms. The minimum Gasteiger partial charge on any atom is -0.381 e. The number of tetrazole rings is 1. The van der Waals surface area contributed by atoms with Crippen molar-refractivity contribution in [2.24, 2.45) is 0 Å². The second-order valence-corrected chi connectivity index (χ2v) is 9.47. The highest BCUT2D eigenvalue weighted by Crippen LogP contribution is 2.50. The number of aromatic amines is 1. The fraction of sp³-hybridized carbons (Fsp3) is 0.400. The summed E-state index contributed by atoms with van der Waals surface area (Å²) in [6, 6.07) is 6.83. The Bertz CT molecular complexity index is 1350. The highest BCUT2D eigenvalue weighted by Gasteiger charge is 2.53. The molecule has 2 heterocycles. The van der Waals surface area contributed by atoms with Gasteiger partial charge < -0.3 is 15.0 Å². The van der Waals surface area contributed by atoms with Gasteiger partial charge in [0.15, 0.2) is 5.82 Å². The lowest BCUT2D eigenvalue weighted by molar-refractivity contribution is -0.137. The Labute approximate surface area is 214 Å². The van der Waals surface area contributed by atoms with Gasteiger partial charge >= 0.3 is 6.18 Å². The van der Waals surface area contributed by atoms with E-state index in [0.29, 0.717) is 48.8 Å². The van der Waals surface area contributed by atoms with E-state index < -0.39 is 28.9 Å². The first kappa shape index (κ1) is 25.8. The summed E-state index contributed by atoms with van der Waals surface area (Å²) >= 11 is 0. The van der Waals surface area contributed by atoms with E-state index in [1.165, 1.54) is 6.07 Å². The van der Waals surface area contributed by atoms with E-state index in [2.05, 4.69) is 25.9 Å². The summed E-state index contributed by atoms with van der Waals surface area (Å²) < 4.78 is 58.9. The number of likely N-dealkylation sites (tertiary alicyclic amines) is 1. The number of carbonyl (C=O) groups excluding carboxylic acids is 2. The molecule has 1 aliphatic heterocycles. The number of benzene rings is 2. The number of methoxy groups -OCH3 is 1. The minimum atomic E-state index is -4.69. The molecule has 5 rings (SSSR count). The van der Waals surface area contributed by atoms with Crippen LogP contribution < -0.4 is 5.32 Å². The highest BCUT2D eigenvalue weighted by molar-refractivity contribution is 6.04. The van der Waals surface area contributed by atoms with Crippen molar-refractivity contribution in [3.8, 4) is 11.4 Å². The van der Waals surface area contributed by atoms with Gasteiger partial charge in [0.25, 0.3) is 5.91 Å². The molecule has 0 atom stereocenters. The molecule has 1 saturated carbocycles. The number of hydrogen-bond donors (Lipinski definition) is 2. The zero-order chi connectivity index (χ0) is 27.1. The number of H-pyrrole nitrogens is 1. The number of hydrogen-bond acceptors (Lipinski definition) is 6. The standard InChI is InChI=1S/C25H24F4N6O3/c1-38-16-6-10-35(11-7-16)22(36)17-4-3-15(13-18(17)21-31-33-34-32-21)30-23(37)24(8-9-24)19-5-2-14(12-20(19)26)25(27,28)29/h2-5,12-13,16H,6-11H2,1H3,(H,30,37)(H,31,32,33,34). The zero-order valence-electron chi connectivity index (χ0n) is 20.3. The first-order valence-electron chi connectivity index (χ1n) is 12.0. The van der Waals surface area contributed by atoms with Crippen LogP contribution in [-0.4, -0.2) is 63.6 Å². The van der Waals surface area contributed by atoms with E-state index >= 15 is 0 Å². The Morgan fingerprint density at radius 2 is 1.87 bits per heavy atom. The fourth-order valence-corrected chi connectivity index (χ4v) is 4.82. The maximum Gasteiger partial charge on any atom is 0.416 e. The summed E-state index contributed by atoms with van der Waals surface area (Å²) in [5, 5.41) is 16.4. The summed E-state index contributed by atoms with van der Waals surface area (Å²) in [6.45, 7) is 1.04. The van der Waals surface area contributed by atoms with Crippen LogP contribution >= 0.6 is 0 Å². The Kier molecular flexibility index (Phi) is 6.63. The molecule has 1 aliphatic carbocycles. The monoisotopic (exact) mass is 532 g/mol. The number of rotatable bonds is 6. The average molecular weight is 532 g/mol. The molecule has 2 fully saturated rings. The lowest BCUT2D eigenvalue weighted by atomic mass is 9.93. The third kappa shape index (κ3) is 4.85. The van der Waals surface area contributed by atoms with Crippen molar-refractivity contribution in [3.05, 3.63) is 58.9 Å². The SMILES string of the molecule is COC1CCN(C(=O)c2ccc(NC(=O)C3(c4ccc(C(F)(F)F)cc4F)CC3)cc2-c2nnn[nH]2)CC1. The first-order chi connectivity index (χ1) is 18.1. The molecule has 0 bridgehead atoms. The zero-order valence-corrected chi connectivity index (χ0v) is 20.3. The number of aromatic nitrogens is 4. The van der Waals surface area contributed by atoms with Crippen LogP contribution in [0.2, 0.25) is 0 Å². The number of ether oxygens (including phenoxy) is 1. The third-order valence-corrected chi connectivity index (χ3v) is 7.17. The number of alkyl halides is 3. The van der Waals surface area contributed by atoms with Crippen LogP contribution in [-0.2, 0) is 21.1 Å². The lowest BCUT2D eigenvalue weighted by Gasteiger charge is -2.31. The molecule has 3 aromatic rings. The van der Waals surface area contributed by atoms with Gasteiger partial charge in [0, 0.05) is 37.0 Å². The van der Waals surface area contributed by atoms with E-state index in [-0.39, 0.29) is 36.2 Å². The summed E-state index contributed by atoms with van der Waals surface area (Å²) in [7, 11) is 1.64. The van der Waals surface area contributed by atoms with Crippen molar-refractivity contribution in [1.82, 2.24) is 25.5 Å². The van der Waals surface area contributed by atoms with Crippen LogP contribution in [0.1, 0.15) is 47.2 Å². The van der Waals surface area contributed by atoms with Crippen LogP contribution in [0.5, 0.6) is 0 Å². The summed E-state index contributed by atoms with van der Waals surface area (Å²) in [5.74, 6) is -1.65. The van der Waals surface area contributed by atoms with Gasteiger partial charge in [-0.15, -0.1) is 5.10 Å². The Morgan fingerprint density at radius 1 is 1.13 bits per heavy atom. The van der Waals surface area contributed by atoms with Crippen molar-refractivity contribution < 1.29 is 31.9 Å².